The first-order chi connectivity index (χ1) is 10.7. The van der Waals surface area contributed by atoms with E-state index in [1.165, 1.54) is 0 Å². The average molecular weight is 385 g/mol. The van der Waals surface area contributed by atoms with E-state index in [4.69, 9.17) is 5.73 Å². The summed E-state index contributed by atoms with van der Waals surface area (Å²) >= 11 is 3.35. The number of benzene rings is 1. The molecule has 0 fully saturated rings. The lowest BCUT2D eigenvalue weighted by molar-refractivity contribution is -0.126. The maximum Gasteiger partial charge on any atom is 0.312 e. The van der Waals surface area contributed by atoms with Crippen LogP contribution in [0.25, 0.3) is 0 Å². The Balaban J connectivity index is 2.57. The predicted octanol–water partition coefficient (Wildman–Crippen LogP) is 1.51. The van der Waals surface area contributed by atoms with Crippen molar-refractivity contribution in [3.05, 3.63) is 28.2 Å². The van der Waals surface area contributed by atoms with E-state index in [1.54, 1.807) is 19.9 Å². The van der Waals surface area contributed by atoms with E-state index in [9.17, 15) is 14.4 Å². The van der Waals surface area contributed by atoms with Crippen molar-refractivity contribution in [2.45, 2.75) is 26.8 Å². The number of hydrogen-bond donors (Lipinski definition) is 4. The first-order valence-corrected chi connectivity index (χ1v) is 7.89. The number of aryl methyl sites for hydroxylation is 1. The Labute approximate surface area is 143 Å². The minimum absolute atomic E-state index is 0.153. The van der Waals surface area contributed by atoms with E-state index in [0.717, 1.165) is 10.0 Å². The molecule has 1 aromatic rings. The fourth-order valence-corrected chi connectivity index (χ4v) is 2.40. The van der Waals surface area contributed by atoms with Crippen molar-refractivity contribution in [3.8, 4) is 0 Å². The van der Waals surface area contributed by atoms with Crippen LogP contribution in [0.15, 0.2) is 22.7 Å². The van der Waals surface area contributed by atoms with E-state index in [0.29, 0.717) is 5.69 Å². The number of nitrogens with two attached hydrogens (primary N) is 1. The molecular weight excluding hydrogens is 364 g/mol. The van der Waals surface area contributed by atoms with Crippen LogP contribution in [0.1, 0.15) is 19.4 Å². The van der Waals surface area contributed by atoms with Gasteiger partial charge in [-0.15, -0.1) is 0 Å². The lowest BCUT2D eigenvalue weighted by Gasteiger charge is -2.20. The van der Waals surface area contributed by atoms with Gasteiger partial charge in [-0.05, 0) is 36.6 Å². The molecule has 0 radical (unpaired) electrons. The summed E-state index contributed by atoms with van der Waals surface area (Å²) < 4.78 is 0.915. The van der Waals surface area contributed by atoms with Gasteiger partial charge >= 0.3 is 6.03 Å². The van der Waals surface area contributed by atoms with Crippen LogP contribution in [0, 0.1) is 12.8 Å². The van der Waals surface area contributed by atoms with Crippen LogP contribution in [-0.4, -0.2) is 30.4 Å². The van der Waals surface area contributed by atoms with Crippen molar-refractivity contribution in [3.63, 3.8) is 0 Å². The van der Waals surface area contributed by atoms with Gasteiger partial charge in [-0.1, -0.05) is 29.8 Å². The van der Waals surface area contributed by atoms with Crippen LogP contribution in [-0.2, 0) is 9.59 Å². The van der Waals surface area contributed by atoms with E-state index in [1.807, 2.05) is 19.1 Å². The Morgan fingerprint density at radius 1 is 1.26 bits per heavy atom. The minimum Gasteiger partial charge on any atom is -0.352 e. The van der Waals surface area contributed by atoms with E-state index >= 15 is 0 Å². The zero-order chi connectivity index (χ0) is 17.6. The lowest BCUT2D eigenvalue weighted by Crippen LogP contribution is -2.52. The van der Waals surface area contributed by atoms with Gasteiger partial charge in [-0.3, -0.25) is 9.59 Å². The van der Waals surface area contributed by atoms with Gasteiger partial charge < -0.3 is 21.7 Å². The average Bonchev–Trinajstić information content (AvgIpc) is 2.44. The molecule has 1 aromatic carbocycles. The number of nitrogens with one attached hydrogen (secondary N) is 3. The molecule has 0 aliphatic heterocycles. The number of halogens is 1. The molecule has 8 heteroatoms. The highest BCUT2D eigenvalue weighted by Crippen LogP contribution is 2.19. The molecule has 5 N–H and O–H groups in total. The number of amides is 4. The lowest BCUT2D eigenvalue weighted by atomic mass is 10.0. The van der Waals surface area contributed by atoms with Gasteiger partial charge in [-0.2, -0.15) is 0 Å². The number of urea groups is 1. The fourth-order valence-electron chi connectivity index (χ4n) is 1.93. The summed E-state index contributed by atoms with van der Waals surface area (Å²) in [6, 6.07) is 3.89. The van der Waals surface area contributed by atoms with Gasteiger partial charge in [0, 0.05) is 10.2 Å². The molecule has 1 rings (SSSR count). The van der Waals surface area contributed by atoms with E-state index in [2.05, 4.69) is 31.9 Å². The molecule has 0 bridgehead atoms. The van der Waals surface area contributed by atoms with Crippen molar-refractivity contribution in [2.24, 2.45) is 11.7 Å². The molecule has 4 amide bonds. The summed E-state index contributed by atoms with van der Waals surface area (Å²) in [5.41, 5.74) is 6.61. The third kappa shape index (κ3) is 6.27. The highest BCUT2D eigenvalue weighted by molar-refractivity contribution is 9.10. The molecule has 126 valence electrons. The van der Waals surface area contributed by atoms with Gasteiger partial charge in [0.25, 0.3) is 0 Å². The topological polar surface area (TPSA) is 113 Å². The number of primary amides is 1. The third-order valence-electron chi connectivity index (χ3n) is 3.13. The normalized spacial score (nSPS) is 11.7. The number of hydrogen-bond acceptors (Lipinski definition) is 3. The molecule has 0 heterocycles. The van der Waals surface area contributed by atoms with Crippen LogP contribution < -0.4 is 21.7 Å². The van der Waals surface area contributed by atoms with E-state index < -0.39 is 18.0 Å². The van der Waals surface area contributed by atoms with Gasteiger partial charge in [0.15, 0.2) is 0 Å². The molecule has 0 spiro atoms. The highest BCUT2D eigenvalue weighted by Gasteiger charge is 2.23. The minimum atomic E-state index is -0.784. The summed E-state index contributed by atoms with van der Waals surface area (Å²) in [4.78, 5) is 34.9. The number of carbonyl (C=O) groups is 3. The first kappa shape index (κ1) is 19.0. The molecule has 0 saturated carbocycles. The van der Waals surface area contributed by atoms with Gasteiger partial charge in [-0.25, -0.2) is 4.79 Å². The zero-order valence-corrected chi connectivity index (χ0v) is 14.9. The van der Waals surface area contributed by atoms with Crippen molar-refractivity contribution >= 4 is 39.5 Å². The van der Waals surface area contributed by atoms with Crippen LogP contribution in [0.5, 0.6) is 0 Å². The Kier molecular flexibility index (Phi) is 7.02. The zero-order valence-electron chi connectivity index (χ0n) is 13.3. The maximum atomic E-state index is 12.0. The molecular formula is C15H21BrN4O3. The van der Waals surface area contributed by atoms with Crippen LogP contribution in [0.2, 0.25) is 0 Å². The summed E-state index contributed by atoms with van der Waals surface area (Å²) in [7, 11) is 0. The molecule has 0 aliphatic rings. The molecule has 0 saturated heterocycles. The Bertz CT molecular complexity index is 604. The highest BCUT2D eigenvalue weighted by atomic mass is 79.9. The Morgan fingerprint density at radius 2 is 1.91 bits per heavy atom. The predicted molar refractivity (Wildman–Crippen MR) is 91.9 cm³/mol. The maximum absolute atomic E-state index is 12.0. The third-order valence-corrected chi connectivity index (χ3v) is 3.63. The number of carbonyl (C=O) groups excluding carboxylic acids is 3. The monoisotopic (exact) mass is 384 g/mol. The molecule has 0 unspecified atom stereocenters. The van der Waals surface area contributed by atoms with E-state index in [-0.39, 0.29) is 18.4 Å². The van der Waals surface area contributed by atoms with Gasteiger partial charge in [0.05, 0.1) is 6.54 Å². The Morgan fingerprint density at radius 3 is 2.43 bits per heavy atom. The van der Waals surface area contributed by atoms with Crippen LogP contribution in [0.4, 0.5) is 10.5 Å². The number of anilines is 1. The van der Waals surface area contributed by atoms with Crippen LogP contribution in [0.3, 0.4) is 0 Å². The molecule has 7 nitrogen and oxygen atoms in total. The second kappa shape index (κ2) is 8.52. The summed E-state index contributed by atoms with van der Waals surface area (Å²) in [6.07, 6.45) is 0. The summed E-state index contributed by atoms with van der Waals surface area (Å²) in [6.45, 7) is 5.21. The summed E-state index contributed by atoms with van der Waals surface area (Å²) in [5, 5.41) is 7.56. The molecule has 0 aromatic heterocycles. The first-order valence-electron chi connectivity index (χ1n) is 7.10. The smallest absolute Gasteiger partial charge is 0.312 e. The fraction of sp³-hybridized carbons (Fsp3) is 0.400. The number of rotatable bonds is 6. The molecule has 23 heavy (non-hydrogen) atoms. The van der Waals surface area contributed by atoms with Crippen molar-refractivity contribution in [2.75, 3.05) is 11.9 Å². The largest absolute Gasteiger partial charge is 0.352 e. The Hall–Kier alpha value is -2.09. The molecule has 1 atom stereocenters. The summed E-state index contributed by atoms with van der Waals surface area (Å²) in [5.74, 6) is -0.967. The van der Waals surface area contributed by atoms with Crippen molar-refractivity contribution in [1.29, 1.82) is 0 Å². The van der Waals surface area contributed by atoms with Gasteiger partial charge in [0.1, 0.15) is 6.04 Å². The molecule has 0 aliphatic carbocycles. The SMILES string of the molecule is Cc1cc(Br)ccc1NC(=O)CNC(=O)[C@@H](NC(N)=O)C(C)C. The van der Waals surface area contributed by atoms with Gasteiger partial charge in [0.2, 0.25) is 11.8 Å². The van der Waals surface area contributed by atoms with Crippen LogP contribution >= 0.6 is 15.9 Å². The second-order valence-corrected chi connectivity index (χ2v) is 6.37. The standard InChI is InChI=1S/C15H21BrN4O3/c1-8(2)13(20-15(17)23)14(22)18-7-12(21)19-11-5-4-10(16)6-9(11)3/h4-6,8,13H,7H2,1-3H3,(H,18,22)(H,19,21)(H3,17,20,23)/t13-/m0/s1. The quantitative estimate of drug-likeness (QED) is 0.595. The van der Waals surface area contributed by atoms with Crippen molar-refractivity contribution < 1.29 is 14.4 Å². The second-order valence-electron chi connectivity index (χ2n) is 5.46. The van der Waals surface area contributed by atoms with Crippen molar-refractivity contribution in [1.82, 2.24) is 10.6 Å².